The molecular weight excluding hydrogens is 556 g/mol. The number of carbonyl (C=O) groups excluding carboxylic acids is 1. The van der Waals surface area contributed by atoms with Crippen LogP contribution in [0.4, 0.5) is 17.5 Å². The number of nitrogens with zero attached hydrogens (tertiary/aromatic N) is 6. The van der Waals surface area contributed by atoms with Gasteiger partial charge in [0.05, 0.1) is 18.7 Å². The average Bonchev–Trinajstić information content (AvgIpc) is 3.69. The molecule has 4 aromatic rings. The summed E-state index contributed by atoms with van der Waals surface area (Å²) in [5.41, 5.74) is 3.97. The lowest BCUT2D eigenvalue weighted by atomic mass is 9.71. The molecule has 3 saturated heterocycles. The standard InChI is InChI=1S/C33H34N8O3/c42-20-26(21-6-2-1-3-7-21)36-28-25(29-38-31(39-44-29)33-11-15-40(16-12-33)17-13-33)19-34-32(37-28)35-22-9-10-23-24(18-22)27-8-4-5-14-41(27)30(23)43/h1-7,9-10,18-19,26-27,42H,8,11-17,20H2,(H2,34,35,36,37)/t26-,27?/m1/s1. The van der Waals surface area contributed by atoms with Crippen molar-refractivity contribution < 1.29 is 14.4 Å². The van der Waals surface area contributed by atoms with Crippen LogP contribution in [0.1, 0.15) is 65.1 Å². The van der Waals surface area contributed by atoms with Gasteiger partial charge in [-0.05, 0) is 74.6 Å². The van der Waals surface area contributed by atoms with Crippen LogP contribution in [0, 0.1) is 0 Å². The first-order valence-corrected chi connectivity index (χ1v) is 15.3. The summed E-state index contributed by atoms with van der Waals surface area (Å²) in [6.07, 6.45) is 9.74. The summed E-state index contributed by atoms with van der Waals surface area (Å²) >= 11 is 0. The van der Waals surface area contributed by atoms with E-state index in [1.807, 2.05) is 59.5 Å². The van der Waals surface area contributed by atoms with Crippen molar-refractivity contribution in [1.82, 2.24) is 29.9 Å². The van der Waals surface area contributed by atoms with E-state index < -0.39 is 6.04 Å². The number of hydrogen-bond donors (Lipinski definition) is 3. The number of carbonyl (C=O) groups is 1. The Kier molecular flexibility index (Phi) is 6.64. The SMILES string of the molecule is O=C1c2ccc(Nc3ncc(-c4nc(C56CCN(CC5)CC6)no4)c(N[C@H](CO)c4ccccc4)n3)cc2C2CC=CCN12. The summed E-state index contributed by atoms with van der Waals surface area (Å²) in [5, 5.41) is 21.5. The van der Waals surface area contributed by atoms with E-state index in [1.54, 1.807) is 6.20 Å². The smallest absolute Gasteiger partial charge is 0.263 e. The van der Waals surface area contributed by atoms with E-state index >= 15 is 0 Å². The number of fused-ring (bicyclic) bond motifs is 6. The molecule has 9 rings (SSSR count). The molecule has 0 saturated carbocycles. The summed E-state index contributed by atoms with van der Waals surface area (Å²) in [7, 11) is 0. The molecule has 1 amide bonds. The third-order valence-electron chi connectivity index (χ3n) is 9.70. The highest BCUT2D eigenvalue weighted by Crippen LogP contribution is 2.43. The lowest BCUT2D eigenvalue weighted by Gasteiger charge is -2.46. The van der Waals surface area contributed by atoms with Crippen LogP contribution in [0.15, 0.2) is 71.4 Å². The number of hydrogen-bond acceptors (Lipinski definition) is 10. The second kappa shape index (κ2) is 10.8. The van der Waals surface area contributed by atoms with Crippen molar-refractivity contribution in [2.24, 2.45) is 0 Å². The van der Waals surface area contributed by atoms with Gasteiger partial charge in [0.15, 0.2) is 5.82 Å². The Labute approximate surface area is 255 Å². The van der Waals surface area contributed by atoms with Crippen molar-refractivity contribution >= 4 is 23.4 Å². The highest BCUT2D eigenvalue weighted by atomic mass is 16.5. The zero-order chi connectivity index (χ0) is 29.7. The Bertz CT molecular complexity index is 1720. The Morgan fingerprint density at radius 1 is 1.02 bits per heavy atom. The van der Waals surface area contributed by atoms with Crippen LogP contribution >= 0.6 is 0 Å². The number of amides is 1. The summed E-state index contributed by atoms with van der Waals surface area (Å²) in [6.45, 7) is 3.66. The minimum atomic E-state index is -0.419. The van der Waals surface area contributed by atoms with Crippen molar-refractivity contribution in [1.29, 1.82) is 0 Å². The fraction of sp³-hybridized carbons (Fsp3) is 0.364. The number of aromatic nitrogens is 4. The first kappa shape index (κ1) is 27.0. The van der Waals surface area contributed by atoms with Crippen molar-refractivity contribution in [3.8, 4) is 11.5 Å². The Morgan fingerprint density at radius 2 is 1.84 bits per heavy atom. The number of benzene rings is 2. The third kappa shape index (κ3) is 4.63. The topological polar surface area (TPSA) is 133 Å². The summed E-state index contributed by atoms with van der Waals surface area (Å²) in [4.78, 5) is 31.7. The molecule has 2 aromatic carbocycles. The minimum Gasteiger partial charge on any atom is -0.394 e. The van der Waals surface area contributed by atoms with Gasteiger partial charge < -0.3 is 30.1 Å². The molecular formula is C33H34N8O3. The number of aliphatic hydroxyl groups excluding tert-OH is 1. The summed E-state index contributed by atoms with van der Waals surface area (Å²) in [5.74, 6) is 2.00. The molecule has 7 heterocycles. The van der Waals surface area contributed by atoms with Crippen molar-refractivity contribution in [2.45, 2.75) is 43.2 Å². The van der Waals surface area contributed by atoms with Gasteiger partial charge in [-0.15, -0.1) is 0 Å². The Morgan fingerprint density at radius 3 is 2.64 bits per heavy atom. The van der Waals surface area contributed by atoms with E-state index in [-0.39, 0.29) is 24.0 Å². The van der Waals surface area contributed by atoms with Gasteiger partial charge in [-0.3, -0.25) is 4.79 Å². The molecule has 3 N–H and O–H groups in total. The predicted octanol–water partition coefficient (Wildman–Crippen LogP) is 4.61. The molecule has 3 fully saturated rings. The van der Waals surface area contributed by atoms with Crippen LogP contribution in [0.2, 0.25) is 0 Å². The number of aliphatic hydroxyl groups is 1. The Balaban J connectivity index is 1.13. The van der Waals surface area contributed by atoms with E-state index in [0.29, 0.717) is 29.8 Å². The van der Waals surface area contributed by atoms with Crippen molar-refractivity contribution in [2.75, 3.05) is 43.4 Å². The molecule has 0 spiro atoms. The average molecular weight is 591 g/mol. The van der Waals surface area contributed by atoms with Gasteiger partial charge in [0.2, 0.25) is 5.95 Å². The van der Waals surface area contributed by atoms with Crippen LogP contribution < -0.4 is 10.6 Å². The lowest BCUT2D eigenvalue weighted by Crippen LogP contribution is -2.51. The maximum atomic E-state index is 12.9. The molecule has 44 heavy (non-hydrogen) atoms. The van der Waals surface area contributed by atoms with Crippen LogP contribution in [0.3, 0.4) is 0 Å². The van der Waals surface area contributed by atoms with E-state index in [9.17, 15) is 9.90 Å². The first-order chi connectivity index (χ1) is 21.6. The largest absolute Gasteiger partial charge is 0.394 e. The van der Waals surface area contributed by atoms with E-state index in [4.69, 9.17) is 14.5 Å². The fourth-order valence-corrected chi connectivity index (χ4v) is 7.09. The predicted molar refractivity (Wildman–Crippen MR) is 164 cm³/mol. The van der Waals surface area contributed by atoms with Crippen LogP contribution in [0.25, 0.3) is 11.5 Å². The zero-order valence-electron chi connectivity index (χ0n) is 24.3. The van der Waals surface area contributed by atoms with Crippen LogP contribution in [-0.2, 0) is 5.41 Å². The summed E-state index contributed by atoms with van der Waals surface area (Å²) < 4.78 is 5.86. The maximum absolute atomic E-state index is 12.9. The van der Waals surface area contributed by atoms with E-state index in [1.165, 1.54) is 0 Å². The maximum Gasteiger partial charge on any atom is 0.263 e. The second-order valence-electron chi connectivity index (χ2n) is 12.1. The number of nitrogens with one attached hydrogen (secondary N) is 2. The summed E-state index contributed by atoms with van der Waals surface area (Å²) in [6, 6.07) is 15.1. The zero-order valence-corrected chi connectivity index (χ0v) is 24.3. The highest BCUT2D eigenvalue weighted by Gasteiger charge is 2.44. The van der Waals surface area contributed by atoms with Crippen LogP contribution in [-0.4, -0.2) is 73.7 Å². The molecule has 2 atom stereocenters. The second-order valence-corrected chi connectivity index (χ2v) is 12.1. The first-order valence-electron chi connectivity index (χ1n) is 15.3. The van der Waals surface area contributed by atoms with E-state index in [0.717, 1.165) is 73.5 Å². The molecule has 0 radical (unpaired) electrons. The number of piperidine rings is 3. The van der Waals surface area contributed by atoms with Crippen molar-refractivity contribution in [3.63, 3.8) is 0 Å². The van der Waals surface area contributed by atoms with Gasteiger partial charge in [-0.2, -0.15) is 9.97 Å². The van der Waals surface area contributed by atoms with Gasteiger partial charge >= 0.3 is 0 Å². The molecule has 0 aliphatic carbocycles. The molecule has 2 bridgehead atoms. The van der Waals surface area contributed by atoms with E-state index in [2.05, 4.69) is 31.8 Å². The Hall–Kier alpha value is -4.61. The van der Waals surface area contributed by atoms with Gasteiger partial charge in [-0.25, -0.2) is 4.98 Å². The molecule has 5 aliphatic heterocycles. The molecule has 224 valence electrons. The molecule has 11 nitrogen and oxygen atoms in total. The number of rotatable bonds is 8. The molecule has 2 aromatic heterocycles. The quantitative estimate of drug-likeness (QED) is 0.250. The lowest BCUT2D eigenvalue weighted by molar-refractivity contribution is 0.0741. The molecule has 1 unspecified atom stereocenters. The van der Waals surface area contributed by atoms with Gasteiger partial charge in [0.1, 0.15) is 11.4 Å². The number of anilines is 3. The van der Waals surface area contributed by atoms with Crippen molar-refractivity contribution in [3.05, 3.63) is 89.4 Å². The monoisotopic (exact) mass is 590 g/mol. The molecule has 5 aliphatic rings. The minimum absolute atomic E-state index is 0.0450. The molecule has 11 heteroatoms. The normalized spacial score (nSPS) is 24.2. The highest BCUT2D eigenvalue weighted by molar-refractivity contribution is 6.00. The van der Waals surface area contributed by atoms with Gasteiger partial charge in [0.25, 0.3) is 11.8 Å². The fourth-order valence-electron chi connectivity index (χ4n) is 7.09. The third-order valence-corrected chi connectivity index (χ3v) is 9.70. The van der Waals surface area contributed by atoms with Gasteiger partial charge in [-0.1, -0.05) is 47.6 Å². The van der Waals surface area contributed by atoms with Gasteiger partial charge in [0, 0.05) is 29.4 Å². The van der Waals surface area contributed by atoms with Crippen LogP contribution in [0.5, 0.6) is 0 Å².